The first-order chi connectivity index (χ1) is 9.43. The number of carbonyl (C=O) groups excluding carboxylic acids is 2. The summed E-state index contributed by atoms with van der Waals surface area (Å²) in [5, 5.41) is 0. The molecule has 0 fully saturated rings. The third kappa shape index (κ3) is 5.83. The minimum Gasteiger partial charge on any atom is -0.466 e. The lowest BCUT2D eigenvalue weighted by atomic mass is 9.79. The maximum atomic E-state index is 11.4. The molecule has 2 atom stereocenters. The highest BCUT2D eigenvalue weighted by Crippen LogP contribution is 2.29. The Morgan fingerprint density at radius 1 is 1.45 bits per heavy atom. The van der Waals surface area contributed by atoms with Crippen LogP contribution in [0.1, 0.15) is 27.2 Å². The molecule has 0 bridgehead atoms. The van der Waals surface area contributed by atoms with E-state index in [-0.39, 0.29) is 17.7 Å². The zero-order valence-corrected chi connectivity index (χ0v) is 12.8. The van der Waals surface area contributed by atoms with Crippen LogP contribution in [-0.4, -0.2) is 18.9 Å². The van der Waals surface area contributed by atoms with E-state index in [0.29, 0.717) is 12.3 Å². The summed E-state index contributed by atoms with van der Waals surface area (Å²) in [5.74, 6) is 0.427. The van der Waals surface area contributed by atoms with Gasteiger partial charge >= 0.3 is 5.97 Å². The lowest BCUT2D eigenvalue weighted by Gasteiger charge is -2.25. The largest absolute Gasteiger partial charge is 0.466 e. The van der Waals surface area contributed by atoms with Crippen LogP contribution in [-0.2, 0) is 14.3 Å². The van der Waals surface area contributed by atoms with Crippen molar-refractivity contribution in [2.24, 2.45) is 11.8 Å². The number of hydrogen-bond donors (Lipinski definition) is 0. The molecule has 0 N–H and O–H groups in total. The third-order valence-corrected chi connectivity index (χ3v) is 3.16. The van der Waals surface area contributed by atoms with Gasteiger partial charge in [-0.05, 0) is 31.4 Å². The van der Waals surface area contributed by atoms with Crippen molar-refractivity contribution in [3.63, 3.8) is 0 Å². The zero-order valence-electron chi connectivity index (χ0n) is 12.8. The first kappa shape index (κ1) is 18.1. The molecule has 0 spiro atoms. The van der Waals surface area contributed by atoms with Crippen molar-refractivity contribution >= 4 is 11.8 Å². The van der Waals surface area contributed by atoms with Gasteiger partial charge in [-0.2, -0.15) is 0 Å². The fourth-order valence-electron chi connectivity index (χ4n) is 2.19. The molecule has 110 valence electrons. The Morgan fingerprint density at radius 3 is 2.55 bits per heavy atom. The average molecular weight is 276 g/mol. The Labute approximate surface area is 121 Å². The van der Waals surface area contributed by atoms with Crippen LogP contribution >= 0.6 is 0 Å². The molecular formula is C17H24O3. The van der Waals surface area contributed by atoms with E-state index in [1.807, 2.05) is 19.9 Å². The summed E-state index contributed by atoms with van der Waals surface area (Å²) in [4.78, 5) is 22.4. The molecule has 0 heterocycles. The van der Waals surface area contributed by atoms with Gasteiger partial charge in [-0.25, -0.2) is 4.79 Å². The van der Waals surface area contributed by atoms with Crippen LogP contribution in [0.25, 0.3) is 0 Å². The average Bonchev–Trinajstić information content (AvgIpc) is 2.39. The summed E-state index contributed by atoms with van der Waals surface area (Å²) in [6.07, 6.45) is 7.72. The quantitative estimate of drug-likeness (QED) is 0.342. The number of allylic oxidation sites excluding steroid dienone is 5. The smallest absolute Gasteiger partial charge is 0.330 e. The molecule has 0 saturated carbocycles. The molecule has 0 radical (unpaired) electrons. The first-order valence-corrected chi connectivity index (χ1v) is 6.59. The highest BCUT2D eigenvalue weighted by molar-refractivity contribution is 5.91. The number of rotatable bonds is 3. The molecule has 3 nitrogen and oxygen atoms in total. The van der Waals surface area contributed by atoms with Crippen LogP contribution in [0.3, 0.4) is 0 Å². The van der Waals surface area contributed by atoms with Crippen molar-refractivity contribution in [2.75, 3.05) is 7.11 Å². The van der Waals surface area contributed by atoms with Gasteiger partial charge in [-0.1, -0.05) is 24.6 Å². The molecule has 20 heavy (non-hydrogen) atoms. The maximum absolute atomic E-state index is 11.4. The molecular weight excluding hydrogens is 252 g/mol. The van der Waals surface area contributed by atoms with Gasteiger partial charge < -0.3 is 4.74 Å². The van der Waals surface area contributed by atoms with E-state index in [9.17, 15) is 9.59 Å². The van der Waals surface area contributed by atoms with Crippen molar-refractivity contribution < 1.29 is 14.3 Å². The SMILES string of the molecule is C=C.COC(=O)/C=C(C)/C=C/C1C(C)=CC(=O)CC1C. The number of carbonyl (C=O) groups is 2. The minimum atomic E-state index is -0.351. The van der Waals surface area contributed by atoms with E-state index >= 15 is 0 Å². The molecule has 0 aliphatic heterocycles. The molecule has 0 aromatic carbocycles. The summed E-state index contributed by atoms with van der Waals surface area (Å²) >= 11 is 0. The van der Waals surface area contributed by atoms with Crippen molar-refractivity contribution in [3.05, 3.63) is 48.6 Å². The molecule has 3 heteroatoms. The number of esters is 1. The predicted octanol–water partition coefficient (Wildman–Crippen LogP) is 3.64. The summed E-state index contributed by atoms with van der Waals surface area (Å²) in [6, 6.07) is 0. The zero-order chi connectivity index (χ0) is 15.7. The van der Waals surface area contributed by atoms with Crippen LogP contribution in [0.5, 0.6) is 0 Å². The Kier molecular flexibility index (Phi) is 8.21. The van der Waals surface area contributed by atoms with Gasteiger partial charge in [0.15, 0.2) is 5.78 Å². The normalized spacial score (nSPS) is 22.9. The van der Waals surface area contributed by atoms with Crippen LogP contribution in [0, 0.1) is 11.8 Å². The molecule has 0 saturated heterocycles. The standard InChI is InChI=1S/C15H20O3.C2H4/c1-10(7-15(17)18-4)5-6-14-11(2)8-13(16)9-12(14)3;1-2/h5-8,12,14H,9H2,1-4H3;1-2H2/b6-5+,10-7+;. The van der Waals surface area contributed by atoms with E-state index in [1.54, 1.807) is 6.08 Å². The van der Waals surface area contributed by atoms with Crippen molar-refractivity contribution in [1.82, 2.24) is 0 Å². The van der Waals surface area contributed by atoms with Gasteiger partial charge in [0.2, 0.25) is 0 Å². The predicted molar refractivity (Wildman–Crippen MR) is 82.2 cm³/mol. The van der Waals surface area contributed by atoms with Gasteiger partial charge in [0.05, 0.1) is 7.11 Å². The van der Waals surface area contributed by atoms with E-state index < -0.39 is 0 Å². The number of hydrogen-bond acceptors (Lipinski definition) is 3. The fraction of sp³-hybridized carbons (Fsp3) is 0.412. The third-order valence-electron chi connectivity index (χ3n) is 3.16. The summed E-state index contributed by atoms with van der Waals surface area (Å²) in [6.45, 7) is 11.9. The van der Waals surface area contributed by atoms with E-state index in [2.05, 4.69) is 30.9 Å². The topological polar surface area (TPSA) is 43.4 Å². The molecule has 1 aliphatic rings. The second-order valence-corrected chi connectivity index (χ2v) is 4.83. The van der Waals surface area contributed by atoms with Crippen LogP contribution < -0.4 is 0 Å². The second-order valence-electron chi connectivity index (χ2n) is 4.83. The summed E-state index contributed by atoms with van der Waals surface area (Å²) in [7, 11) is 1.36. The lowest BCUT2D eigenvalue weighted by molar-refractivity contribution is -0.134. The Hall–Kier alpha value is -1.90. The first-order valence-electron chi connectivity index (χ1n) is 6.59. The molecule has 0 aromatic rings. The van der Waals surface area contributed by atoms with Gasteiger partial charge in [0.25, 0.3) is 0 Å². The van der Waals surface area contributed by atoms with Gasteiger partial charge in [-0.15, -0.1) is 13.2 Å². The number of ether oxygens (including phenoxy) is 1. The van der Waals surface area contributed by atoms with Crippen LogP contribution in [0.2, 0.25) is 0 Å². The molecule has 1 aliphatic carbocycles. The summed E-state index contributed by atoms with van der Waals surface area (Å²) < 4.78 is 4.56. The highest BCUT2D eigenvalue weighted by atomic mass is 16.5. The van der Waals surface area contributed by atoms with E-state index in [4.69, 9.17) is 0 Å². The van der Waals surface area contributed by atoms with Gasteiger partial charge in [0.1, 0.15) is 0 Å². The monoisotopic (exact) mass is 276 g/mol. The Balaban J connectivity index is 0.00000172. The molecule has 2 unspecified atom stereocenters. The highest BCUT2D eigenvalue weighted by Gasteiger charge is 2.23. The van der Waals surface area contributed by atoms with E-state index in [0.717, 1.165) is 11.1 Å². The van der Waals surface area contributed by atoms with E-state index in [1.165, 1.54) is 13.2 Å². The van der Waals surface area contributed by atoms with Crippen LogP contribution in [0.4, 0.5) is 0 Å². The maximum Gasteiger partial charge on any atom is 0.330 e. The minimum absolute atomic E-state index is 0.200. The molecule has 0 amide bonds. The van der Waals surface area contributed by atoms with Crippen molar-refractivity contribution in [2.45, 2.75) is 27.2 Å². The van der Waals surface area contributed by atoms with Gasteiger partial charge in [0, 0.05) is 18.4 Å². The number of methoxy groups -OCH3 is 1. The molecule has 0 aromatic heterocycles. The summed E-state index contributed by atoms with van der Waals surface area (Å²) in [5.41, 5.74) is 1.93. The van der Waals surface area contributed by atoms with Crippen LogP contribution in [0.15, 0.2) is 48.6 Å². The van der Waals surface area contributed by atoms with Crippen molar-refractivity contribution in [1.29, 1.82) is 0 Å². The number of ketones is 1. The Bertz CT molecular complexity index is 441. The fourth-order valence-corrected chi connectivity index (χ4v) is 2.19. The Morgan fingerprint density at radius 2 is 2.05 bits per heavy atom. The molecule has 1 rings (SSSR count). The van der Waals surface area contributed by atoms with Crippen molar-refractivity contribution in [3.8, 4) is 0 Å². The lowest BCUT2D eigenvalue weighted by Crippen LogP contribution is -2.20. The second kappa shape index (κ2) is 9.08. The van der Waals surface area contributed by atoms with Gasteiger partial charge in [-0.3, -0.25) is 4.79 Å².